The van der Waals surface area contributed by atoms with Crippen LogP contribution in [-0.2, 0) is 4.79 Å². The largest absolute Gasteiger partial charge is 0.370 e. The Labute approximate surface area is 144 Å². The fraction of sp³-hybridized carbons (Fsp3) is 0.500. The molecular weight excluding hydrogens is 298 g/mol. The molecule has 1 fully saturated rings. The number of carbonyl (C=O) groups excluding carboxylic acids is 1. The first-order valence-electron chi connectivity index (χ1n) is 9.08. The molecule has 3 rings (SSSR count). The van der Waals surface area contributed by atoms with Crippen molar-refractivity contribution in [1.29, 1.82) is 0 Å². The number of para-hydroxylation sites is 1. The number of piperidine rings is 1. The number of anilines is 1. The predicted molar refractivity (Wildman–Crippen MR) is 99.3 cm³/mol. The van der Waals surface area contributed by atoms with Gasteiger partial charge in [0.15, 0.2) is 0 Å². The van der Waals surface area contributed by atoms with Crippen LogP contribution < -0.4 is 10.2 Å². The Morgan fingerprint density at radius 3 is 3.04 bits per heavy atom. The van der Waals surface area contributed by atoms with Gasteiger partial charge in [0, 0.05) is 36.4 Å². The smallest absolute Gasteiger partial charge is 0.224 e. The van der Waals surface area contributed by atoms with Crippen molar-refractivity contribution in [3.05, 3.63) is 36.0 Å². The lowest BCUT2D eigenvalue weighted by Crippen LogP contribution is -2.43. The standard InChI is InChI=1S/C20H27N3O/c1-3-4-11-21-20(24)16-8-7-12-23(14-16)19-13-15(2)22-18-10-6-5-9-17(18)19/h5-6,9-10,13,16H,3-4,7-8,11-12,14H2,1-2H3,(H,21,24). The second-order valence-corrected chi connectivity index (χ2v) is 6.73. The molecule has 0 saturated carbocycles. The van der Waals surface area contributed by atoms with Gasteiger partial charge in [-0.2, -0.15) is 0 Å². The molecule has 1 aliphatic heterocycles. The van der Waals surface area contributed by atoms with Crippen LogP contribution in [-0.4, -0.2) is 30.5 Å². The number of hydrogen-bond acceptors (Lipinski definition) is 3. The van der Waals surface area contributed by atoms with E-state index in [1.165, 1.54) is 11.1 Å². The van der Waals surface area contributed by atoms with Crippen LogP contribution >= 0.6 is 0 Å². The van der Waals surface area contributed by atoms with Gasteiger partial charge >= 0.3 is 0 Å². The van der Waals surface area contributed by atoms with Gasteiger partial charge in [-0.3, -0.25) is 9.78 Å². The summed E-state index contributed by atoms with van der Waals surface area (Å²) in [7, 11) is 0. The van der Waals surface area contributed by atoms with E-state index < -0.39 is 0 Å². The van der Waals surface area contributed by atoms with Gasteiger partial charge < -0.3 is 10.2 Å². The molecule has 0 bridgehead atoms. The summed E-state index contributed by atoms with van der Waals surface area (Å²) in [5.41, 5.74) is 3.27. The molecule has 24 heavy (non-hydrogen) atoms. The van der Waals surface area contributed by atoms with Crippen LogP contribution in [0.25, 0.3) is 10.9 Å². The zero-order valence-corrected chi connectivity index (χ0v) is 14.7. The number of rotatable bonds is 5. The highest BCUT2D eigenvalue weighted by atomic mass is 16.1. The third-order valence-electron chi connectivity index (χ3n) is 4.78. The molecular formula is C20H27N3O. The van der Waals surface area contributed by atoms with Gasteiger partial charge in [0.25, 0.3) is 0 Å². The van der Waals surface area contributed by atoms with E-state index >= 15 is 0 Å². The number of fused-ring (bicyclic) bond motifs is 1. The molecule has 1 aliphatic rings. The van der Waals surface area contributed by atoms with E-state index in [1.807, 2.05) is 13.0 Å². The topological polar surface area (TPSA) is 45.2 Å². The molecule has 1 saturated heterocycles. The molecule has 0 radical (unpaired) electrons. The van der Waals surface area contributed by atoms with Gasteiger partial charge in [0.05, 0.1) is 11.4 Å². The molecule has 128 valence electrons. The van der Waals surface area contributed by atoms with Crippen molar-refractivity contribution >= 4 is 22.5 Å². The maximum absolute atomic E-state index is 12.4. The Morgan fingerprint density at radius 2 is 2.21 bits per heavy atom. The molecule has 1 aromatic heterocycles. The maximum Gasteiger partial charge on any atom is 0.224 e. The molecule has 2 heterocycles. The van der Waals surface area contributed by atoms with Crippen molar-refractivity contribution in [2.24, 2.45) is 5.92 Å². The molecule has 1 aromatic carbocycles. The minimum atomic E-state index is 0.0860. The average molecular weight is 325 g/mol. The van der Waals surface area contributed by atoms with Crippen LogP contribution in [0.2, 0.25) is 0 Å². The molecule has 4 heteroatoms. The van der Waals surface area contributed by atoms with E-state index in [2.05, 4.69) is 46.4 Å². The van der Waals surface area contributed by atoms with Crippen LogP contribution in [0.4, 0.5) is 5.69 Å². The molecule has 0 spiro atoms. The molecule has 1 unspecified atom stereocenters. The monoisotopic (exact) mass is 325 g/mol. The lowest BCUT2D eigenvalue weighted by atomic mass is 9.96. The van der Waals surface area contributed by atoms with Crippen molar-refractivity contribution in [2.45, 2.75) is 39.5 Å². The van der Waals surface area contributed by atoms with E-state index in [9.17, 15) is 4.79 Å². The predicted octanol–water partition coefficient (Wildman–Crippen LogP) is 3.68. The van der Waals surface area contributed by atoms with Gasteiger partial charge in [-0.05, 0) is 38.3 Å². The molecule has 2 aromatic rings. The second-order valence-electron chi connectivity index (χ2n) is 6.73. The summed E-state index contributed by atoms with van der Waals surface area (Å²) in [6.07, 6.45) is 4.20. The van der Waals surface area contributed by atoms with Crippen LogP contribution in [0.5, 0.6) is 0 Å². The molecule has 0 aliphatic carbocycles. The average Bonchev–Trinajstić information content (AvgIpc) is 2.61. The Kier molecular flexibility index (Phi) is 5.34. The zero-order chi connectivity index (χ0) is 16.9. The summed E-state index contributed by atoms with van der Waals surface area (Å²) >= 11 is 0. The van der Waals surface area contributed by atoms with Crippen LogP contribution in [0.1, 0.15) is 38.3 Å². The number of aryl methyl sites for hydroxylation is 1. The van der Waals surface area contributed by atoms with Gasteiger partial charge in [-0.15, -0.1) is 0 Å². The quantitative estimate of drug-likeness (QED) is 0.853. The first kappa shape index (κ1) is 16.7. The van der Waals surface area contributed by atoms with E-state index in [-0.39, 0.29) is 11.8 Å². The van der Waals surface area contributed by atoms with Crippen LogP contribution in [0.3, 0.4) is 0 Å². The number of carbonyl (C=O) groups is 1. The van der Waals surface area contributed by atoms with Crippen molar-refractivity contribution in [3.8, 4) is 0 Å². The fourth-order valence-electron chi connectivity index (χ4n) is 3.49. The van der Waals surface area contributed by atoms with Crippen molar-refractivity contribution in [3.63, 3.8) is 0 Å². The number of hydrogen-bond donors (Lipinski definition) is 1. The van der Waals surface area contributed by atoms with E-state index in [4.69, 9.17) is 0 Å². The van der Waals surface area contributed by atoms with Crippen molar-refractivity contribution in [2.75, 3.05) is 24.5 Å². The number of amides is 1. The number of nitrogens with one attached hydrogen (secondary N) is 1. The van der Waals surface area contributed by atoms with Gasteiger partial charge in [-0.1, -0.05) is 31.5 Å². The maximum atomic E-state index is 12.4. The van der Waals surface area contributed by atoms with Crippen LogP contribution in [0, 0.1) is 12.8 Å². The van der Waals surface area contributed by atoms with Crippen molar-refractivity contribution < 1.29 is 4.79 Å². The normalized spacial score (nSPS) is 17.9. The molecule has 1 N–H and O–H groups in total. The first-order valence-corrected chi connectivity index (χ1v) is 9.08. The Morgan fingerprint density at radius 1 is 1.38 bits per heavy atom. The summed E-state index contributed by atoms with van der Waals surface area (Å²) in [6.45, 7) is 6.78. The fourth-order valence-corrected chi connectivity index (χ4v) is 3.49. The Bertz CT molecular complexity index is 713. The highest BCUT2D eigenvalue weighted by Gasteiger charge is 2.26. The number of benzene rings is 1. The highest BCUT2D eigenvalue weighted by molar-refractivity contribution is 5.92. The molecule has 4 nitrogen and oxygen atoms in total. The highest BCUT2D eigenvalue weighted by Crippen LogP contribution is 2.30. The first-order chi connectivity index (χ1) is 11.7. The van der Waals surface area contributed by atoms with Gasteiger partial charge in [-0.25, -0.2) is 0 Å². The summed E-state index contributed by atoms with van der Waals surface area (Å²) in [6, 6.07) is 10.4. The lowest BCUT2D eigenvalue weighted by Gasteiger charge is -2.34. The Balaban J connectivity index is 1.79. The van der Waals surface area contributed by atoms with Crippen LogP contribution in [0.15, 0.2) is 30.3 Å². The summed E-state index contributed by atoms with van der Waals surface area (Å²) in [5.74, 6) is 0.297. The van der Waals surface area contributed by atoms with Crippen molar-refractivity contribution in [1.82, 2.24) is 10.3 Å². The summed E-state index contributed by atoms with van der Waals surface area (Å²) < 4.78 is 0. The third-order valence-corrected chi connectivity index (χ3v) is 4.78. The lowest BCUT2D eigenvalue weighted by molar-refractivity contribution is -0.125. The summed E-state index contributed by atoms with van der Waals surface area (Å²) in [4.78, 5) is 19.4. The van der Waals surface area contributed by atoms with Gasteiger partial charge in [0.1, 0.15) is 0 Å². The minimum absolute atomic E-state index is 0.0860. The number of pyridine rings is 1. The number of nitrogens with zero attached hydrogens (tertiary/aromatic N) is 2. The van der Waals surface area contributed by atoms with Gasteiger partial charge in [0.2, 0.25) is 5.91 Å². The zero-order valence-electron chi connectivity index (χ0n) is 14.7. The molecule has 1 amide bonds. The Hall–Kier alpha value is -2.10. The third kappa shape index (κ3) is 3.69. The number of unbranched alkanes of at least 4 members (excludes halogenated alkanes) is 1. The van der Waals surface area contributed by atoms with E-state index in [0.717, 1.165) is 56.5 Å². The van der Waals surface area contributed by atoms with E-state index in [1.54, 1.807) is 0 Å². The molecule has 1 atom stereocenters. The summed E-state index contributed by atoms with van der Waals surface area (Å²) in [5, 5.41) is 4.27. The second kappa shape index (κ2) is 7.65. The van der Waals surface area contributed by atoms with E-state index in [0.29, 0.717) is 0 Å². The number of aromatic nitrogens is 1. The minimum Gasteiger partial charge on any atom is -0.370 e. The SMILES string of the molecule is CCCCNC(=O)C1CCCN(c2cc(C)nc3ccccc23)C1.